The normalized spacial score (nSPS) is 21.8. The lowest BCUT2D eigenvalue weighted by atomic mass is 9.95. The van der Waals surface area contributed by atoms with Crippen molar-refractivity contribution in [2.24, 2.45) is 0 Å². The first kappa shape index (κ1) is 33.0. The summed E-state index contributed by atoms with van der Waals surface area (Å²) in [5, 5.41) is 1.70. The number of benzene rings is 2. The van der Waals surface area contributed by atoms with E-state index < -0.39 is 24.3 Å². The van der Waals surface area contributed by atoms with E-state index in [1.807, 2.05) is 37.8 Å². The maximum atomic E-state index is 17.0. The predicted octanol–water partition coefficient (Wildman–Crippen LogP) is 7.39. The largest absolute Gasteiger partial charge is 0.461 e. The highest BCUT2D eigenvalue weighted by Crippen LogP contribution is 2.41. The lowest BCUT2D eigenvalue weighted by Gasteiger charge is -2.42. The molecule has 6 heterocycles. The Bertz CT molecular complexity index is 1920. The summed E-state index contributed by atoms with van der Waals surface area (Å²) in [5.41, 5.74) is 0.275. The molecule has 4 aliphatic heterocycles. The van der Waals surface area contributed by atoms with E-state index in [1.54, 1.807) is 30.5 Å². The van der Waals surface area contributed by atoms with Gasteiger partial charge in [0.05, 0.1) is 23.0 Å². The van der Waals surface area contributed by atoms with Crippen LogP contribution in [0.3, 0.4) is 0 Å². The molecule has 4 aliphatic rings. The van der Waals surface area contributed by atoms with Gasteiger partial charge in [-0.15, -0.1) is 0 Å². The molecule has 0 radical (unpaired) electrons. The van der Waals surface area contributed by atoms with Crippen molar-refractivity contribution in [2.45, 2.75) is 95.4 Å². The van der Waals surface area contributed by atoms with Gasteiger partial charge in [0.1, 0.15) is 29.2 Å². The van der Waals surface area contributed by atoms with E-state index in [0.717, 1.165) is 57.0 Å². The van der Waals surface area contributed by atoms with Gasteiger partial charge in [-0.25, -0.2) is 18.0 Å². The van der Waals surface area contributed by atoms with E-state index in [9.17, 15) is 13.6 Å². The van der Waals surface area contributed by atoms with E-state index in [-0.39, 0.29) is 40.9 Å². The fourth-order valence-electron chi connectivity index (χ4n) is 8.82. The molecule has 8 rings (SSSR count). The average molecular weight is 689 g/mol. The van der Waals surface area contributed by atoms with Crippen molar-refractivity contribution in [3.63, 3.8) is 0 Å². The van der Waals surface area contributed by atoms with Crippen molar-refractivity contribution in [2.75, 3.05) is 37.7 Å². The van der Waals surface area contributed by atoms with Crippen LogP contribution in [0, 0.1) is 5.82 Å². The minimum absolute atomic E-state index is 0.0339. The van der Waals surface area contributed by atoms with Gasteiger partial charge in [0.15, 0.2) is 5.82 Å². The first-order valence-electron chi connectivity index (χ1n) is 17.8. The van der Waals surface area contributed by atoms with Gasteiger partial charge >= 0.3 is 12.1 Å². The second-order valence-corrected chi connectivity index (χ2v) is 15.3. The van der Waals surface area contributed by atoms with Gasteiger partial charge in [0.2, 0.25) is 6.43 Å². The zero-order valence-corrected chi connectivity index (χ0v) is 28.8. The summed E-state index contributed by atoms with van der Waals surface area (Å²) in [5.74, 6) is -0.153. The van der Waals surface area contributed by atoms with Crippen LogP contribution in [0.4, 0.5) is 23.8 Å². The van der Waals surface area contributed by atoms with Crippen molar-refractivity contribution in [3.05, 3.63) is 54.0 Å². The molecule has 4 aromatic rings. The van der Waals surface area contributed by atoms with Crippen LogP contribution < -0.4 is 9.64 Å². The van der Waals surface area contributed by atoms with Crippen LogP contribution in [0.15, 0.2) is 42.6 Å². The zero-order chi connectivity index (χ0) is 34.8. The average Bonchev–Trinajstić information content (AvgIpc) is 3.73. The fourth-order valence-corrected chi connectivity index (χ4v) is 8.82. The number of carbonyl (C=O) groups is 1. The van der Waals surface area contributed by atoms with Crippen LogP contribution in [0.25, 0.3) is 32.9 Å². The van der Waals surface area contributed by atoms with Crippen LogP contribution in [0.2, 0.25) is 0 Å². The molecule has 1 amide bonds. The van der Waals surface area contributed by atoms with Crippen molar-refractivity contribution in [1.29, 1.82) is 0 Å². The minimum Gasteiger partial charge on any atom is -0.461 e. The summed E-state index contributed by atoms with van der Waals surface area (Å²) in [4.78, 5) is 33.9. The van der Waals surface area contributed by atoms with Crippen LogP contribution in [-0.2, 0) is 11.2 Å². The Morgan fingerprint density at radius 3 is 2.40 bits per heavy atom. The Morgan fingerprint density at radius 1 is 1.02 bits per heavy atom. The first-order chi connectivity index (χ1) is 24.0. The Morgan fingerprint density at radius 2 is 1.72 bits per heavy atom. The molecule has 0 saturated carbocycles. The summed E-state index contributed by atoms with van der Waals surface area (Å²) in [6.45, 7) is 9.06. The maximum absolute atomic E-state index is 17.0. The van der Waals surface area contributed by atoms with Gasteiger partial charge in [0, 0.05) is 31.3 Å². The molecule has 2 aromatic heterocycles. The van der Waals surface area contributed by atoms with Crippen molar-refractivity contribution in [3.8, 4) is 17.3 Å². The minimum atomic E-state index is -2.56. The molecule has 2 unspecified atom stereocenters. The van der Waals surface area contributed by atoms with Crippen LogP contribution in [-0.4, -0.2) is 93.3 Å². The Kier molecular flexibility index (Phi) is 8.27. The second-order valence-electron chi connectivity index (χ2n) is 15.3. The number of amides is 1. The lowest BCUT2D eigenvalue weighted by Crippen LogP contribution is -2.57. The topological polar surface area (TPSA) is 83.9 Å². The molecule has 2 atom stereocenters. The van der Waals surface area contributed by atoms with Gasteiger partial charge in [-0.1, -0.05) is 36.4 Å². The van der Waals surface area contributed by atoms with Crippen LogP contribution in [0.1, 0.15) is 64.9 Å². The summed E-state index contributed by atoms with van der Waals surface area (Å²) >= 11 is 0. The number of aromatic nitrogens is 3. The van der Waals surface area contributed by atoms with E-state index in [1.165, 1.54) is 0 Å². The number of hydrogen-bond acceptors (Lipinski definition) is 8. The molecule has 4 saturated heterocycles. The van der Waals surface area contributed by atoms with E-state index in [2.05, 4.69) is 19.8 Å². The van der Waals surface area contributed by atoms with Gasteiger partial charge in [-0.3, -0.25) is 14.8 Å². The molecule has 0 spiro atoms. The third-order valence-corrected chi connectivity index (χ3v) is 10.9. The van der Waals surface area contributed by atoms with Gasteiger partial charge < -0.3 is 14.4 Å². The number of carbonyl (C=O) groups excluding carboxylic acids is 1. The summed E-state index contributed by atoms with van der Waals surface area (Å²) in [6.07, 6.45) is 4.19. The Hall–Kier alpha value is -4.19. The number of anilines is 1. The van der Waals surface area contributed by atoms with E-state index in [0.29, 0.717) is 47.4 Å². The van der Waals surface area contributed by atoms with Gasteiger partial charge in [-0.05, 0) is 88.7 Å². The number of nitrogens with zero attached hydrogens (tertiary/aromatic N) is 6. The number of alkyl halides is 2. The number of piperazine rings is 1. The van der Waals surface area contributed by atoms with E-state index >= 15 is 4.39 Å². The number of rotatable bonds is 7. The SMILES string of the molecule is CC(C)(C)OC(=O)N1C2CCC1CN(c1nc(OCC34CCCN3CCC4)nc3c(F)c(-c4cccc5cccc(CC(F)F)c45)ncc13)C2. The second kappa shape index (κ2) is 12.5. The molecule has 12 heteroatoms. The number of fused-ring (bicyclic) bond motifs is 5. The van der Waals surface area contributed by atoms with E-state index in [4.69, 9.17) is 14.5 Å². The number of ether oxygens (including phenoxy) is 2. The first-order valence-corrected chi connectivity index (χ1v) is 17.8. The molecular formula is C38H43F3N6O3. The van der Waals surface area contributed by atoms with Crippen molar-refractivity contribution < 1.29 is 27.4 Å². The Labute approximate surface area is 289 Å². The molecule has 2 bridgehead atoms. The molecule has 0 N–H and O–H groups in total. The summed E-state index contributed by atoms with van der Waals surface area (Å²) in [6, 6.07) is 10.5. The molecule has 2 aromatic carbocycles. The lowest BCUT2D eigenvalue weighted by molar-refractivity contribution is 0.0122. The molecular weight excluding hydrogens is 645 g/mol. The number of pyridine rings is 1. The number of halogens is 3. The molecule has 50 heavy (non-hydrogen) atoms. The van der Waals surface area contributed by atoms with Crippen LogP contribution >= 0.6 is 0 Å². The molecule has 264 valence electrons. The van der Waals surface area contributed by atoms with Crippen molar-refractivity contribution in [1.82, 2.24) is 24.8 Å². The highest BCUT2D eigenvalue weighted by molar-refractivity contribution is 6.00. The third-order valence-electron chi connectivity index (χ3n) is 10.9. The zero-order valence-electron chi connectivity index (χ0n) is 28.8. The quantitative estimate of drug-likeness (QED) is 0.199. The highest BCUT2D eigenvalue weighted by atomic mass is 19.3. The smallest absolute Gasteiger partial charge is 0.410 e. The van der Waals surface area contributed by atoms with Crippen molar-refractivity contribution >= 4 is 33.6 Å². The molecule has 9 nitrogen and oxygen atoms in total. The number of hydrogen-bond donors (Lipinski definition) is 0. The van der Waals surface area contributed by atoms with Gasteiger partial charge in [-0.2, -0.15) is 9.97 Å². The van der Waals surface area contributed by atoms with Gasteiger partial charge in [0.25, 0.3) is 0 Å². The maximum Gasteiger partial charge on any atom is 0.410 e. The summed E-state index contributed by atoms with van der Waals surface area (Å²) in [7, 11) is 0. The summed E-state index contributed by atoms with van der Waals surface area (Å²) < 4.78 is 56.4. The van der Waals surface area contributed by atoms with Crippen LogP contribution in [0.5, 0.6) is 6.01 Å². The highest BCUT2D eigenvalue weighted by Gasteiger charge is 2.46. The standard InChI is InChI=1S/C38H43F3N6O3/c1-37(2,3)50-36(48)47-25-12-13-26(47)21-45(20-25)34-28-19-42-32(27-11-5-9-23-8-4-10-24(30(23)27)18-29(39)40)31(41)33(28)43-35(44-34)49-22-38-14-6-16-46(38)17-7-15-38/h4-5,8-11,19,25-26,29H,6-7,12-18,20-22H2,1-3H3. The third kappa shape index (κ3) is 5.88. The molecule has 0 aliphatic carbocycles. The monoisotopic (exact) mass is 688 g/mol. The Balaban J connectivity index is 1.21. The predicted molar refractivity (Wildman–Crippen MR) is 185 cm³/mol. The molecule has 4 fully saturated rings. The fraction of sp³-hybridized carbons (Fsp3) is 0.526.